The SMILES string of the molecule is C1=C(c2ccccc2)c2c3ccccc3cc3cccc1c23. The minimum absolute atomic E-state index is 1.29. The Bertz CT molecular complexity index is 1050. The van der Waals surface area contributed by atoms with Gasteiger partial charge >= 0.3 is 0 Å². The zero-order valence-corrected chi connectivity index (χ0v) is 12.1. The molecule has 0 heterocycles. The molecular formula is C22H14. The van der Waals surface area contributed by atoms with Crippen LogP contribution in [-0.4, -0.2) is 0 Å². The maximum atomic E-state index is 2.33. The predicted octanol–water partition coefficient (Wildman–Crippen LogP) is 5.90. The van der Waals surface area contributed by atoms with E-state index in [9.17, 15) is 0 Å². The lowest BCUT2D eigenvalue weighted by atomic mass is 9.92. The van der Waals surface area contributed by atoms with E-state index in [0.717, 1.165) is 0 Å². The summed E-state index contributed by atoms with van der Waals surface area (Å²) in [6.07, 6.45) is 2.33. The minimum atomic E-state index is 1.29. The monoisotopic (exact) mass is 278 g/mol. The Labute approximate surface area is 129 Å². The van der Waals surface area contributed by atoms with Crippen molar-refractivity contribution < 1.29 is 0 Å². The van der Waals surface area contributed by atoms with Gasteiger partial charge in [0.2, 0.25) is 0 Å². The van der Waals surface area contributed by atoms with Crippen molar-refractivity contribution in [2.75, 3.05) is 0 Å². The highest BCUT2D eigenvalue weighted by Gasteiger charge is 2.20. The number of benzene rings is 4. The Morgan fingerprint density at radius 1 is 0.591 bits per heavy atom. The van der Waals surface area contributed by atoms with Crippen LogP contribution in [0.25, 0.3) is 33.2 Å². The first-order valence-electron chi connectivity index (χ1n) is 7.64. The summed E-state index contributed by atoms with van der Waals surface area (Å²) < 4.78 is 0. The fraction of sp³-hybridized carbons (Fsp3) is 0. The third-order valence-electron chi connectivity index (χ3n) is 4.57. The Morgan fingerprint density at radius 2 is 1.36 bits per heavy atom. The summed E-state index contributed by atoms with van der Waals surface area (Å²) in [5.74, 6) is 0. The van der Waals surface area contributed by atoms with Crippen LogP contribution in [-0.2, 0) is 0 Å². The molecule has 0 aliphatic heterocycles. The van der Waals surface area contributed by atoms with Gasteiger partial charge in [0.05, 0.1) is 0 Å². The van der Waals surface area contributed by atoms with Crippen molar-refractivity contribution in [3.8, 4) is 0 Å². The molecule has 0 N–H and O–H groups in total. The van der Waals surface area contributed by atoms with Gasteiger partial charge in [-0.3, -0.25) is 0 Å². The average molecular weight is 278 g/mol. The van der Waals surface area contributed by atoms with E-state index < -0.39 is 0 Å². The first-order chi connectivity index (χ1) is 10.9. The molecule has 1 aliphatic rings. The molecular weight excluding hydrogens is 264 g/mol. The Balaban J connectivity index is 1.97. The molecule has 4 aromatic carbocycles. The van der Waals surface area contributed by atoms with E-state index in [1.165, 1.54) is 43.8 Å². The van der Waals surface area contributed by atoms with Crippen LogP contribution in [0.5, 0.6) is 0 Å². The average Bonchev–Trinajstić information content (AvgIpc) is 2.97. The first kappa shape index (κ1) is 11.8. The molecule has 1 aliphatic carbocycles. The lowest BCUT2D eigenvalue weighted by molar-refractivity contribution is 1.62. The molecule has 0 radical (unpaired) electrons. The quantitative estimate of drug-likeness (QED) is 0.335. The summed E-state index contributed by atoms with van der Waals surface area (Å²) in [6, 6.07) is 28.3. The molecule has 4 aromatic rings. The summed E-state index contributed by atoms with van der Waals surface area (Å²) >= 11 is 0. The molecule has 0 saturated heterocycles. The van der Waals surface area contributed by atoms with Crippen molar-refractivity contribution in [3.05, 3.63) is 95.6 Å². The molecule has 5 rings (SSSR count). The Kier molecular flexibility index (Phi) is 2.31. The second-order valence-corrected chi connectivity index (χ2v) is 5.84. The van der Waals surface area contributed by atoms with Crippen molar-refractivity contribution in [1.29, 1.82) is 0 Å². The number of hydrogen-bond acceptors (Lipinski definition) is 0. The Hall–Kier alpha value is -2.86. The van der Waals surface area contributed by atoms with E-state index in [1.807, 2.05) is 0 Å². The maximum Gasteiger partial charge on any atom is -0.00145 e. The van der Waals surface area contributed by atoms with Crippen molar-refractivity contribution in [2.24, 2.45) is 0 Å². The molecule has 0 atom stereocenters. The van der Waals surface area contributed by atoms with Gasteiger partial charge in [-0.1, -0.05) is 72.8 Å². The maximum absolute atomic E-state index is 2.33. The van der Waals surface area contributed by atoms with Crippen LogP contribution in [0, 0.1) is 0 Å². The highest BCUT2D eigenvalue weighted by atomic mass is 14.2. The van der Waals surface area contributed by atoms with Crippen LogP contribution in [0.1, 0.15) is 16.7 Å². The normalized spacial score (nSPS) is 12.8. The molecule has 0 spiro atoms. The third kappa shape index (κ3) is 1.52. The van der Waals surface area contributed by atoms with Gasteiger partial charge in [-0.2, -0.15) is 0 Å². The Morgan fingerprint density at radius 3 is 2.27 bits per heavy atom. The lowest BCUT2D eigenvalue weighted by Crippen LogP contribution is -1.88. The van der Waals surface area contributed by atoms with Crippen LogP contribution in [0.4, 0.5) is 0 Å². The number of hydrogen-bond donors (Lipinski definition) is 0. The summed E-state index contributed by atoms with van der Waals surface area (Å²) in [7, 11) is 0. The van der Waals surface area contributed by atoms with E-state index in [2.05, 4.69) is 84.9 Å². The molecule has 0 fully saturated rings. The molecule has 22 heavy (non-hydrogen) atoms. The van der Waals surface area contributed by atoms with Gasteiger partial charge in [-0.25, -0.2) is 0 Å². The third-order valence-corrected chi connectivity index (χ3v) is 4.57. The van der Waals surface area contributed by atoms with Gasteiger partial charge in [0.15, 0.2) is 0 Å². The smallest absolute Gasteiger partial charge is 0.00145 e. The standard InChI is InChI=1S/C22H14/c1-2-7-15(8-3-1)20-14-18-11-6-10-17-13-16-9-4-5-12-19(16)22(20)21(17)18/h1-14H. The van der Waals surface area contributed by atoms with Crippen LogP contribution in [0.2, 0.25) is 0 Å². The topological polar surface area (TPSA) is 0 Å². The minimum Gasteiger partial charge on any atom is -0.0622 e. The highest BCUT2D eigenvalue weighted by molar-refractivity contribution is 6.20. The summed E-state index contributed by atoms with van der Waals surface area (Å²) in [5, 5.41) is 5.37. The number of rotatable bonds is 1. The number of fused-ring (bicyclic) bond motifs is 2. The second-order valence-electron chi connectivity index (χ2n) is 5.84. The molecule has 102 valence electrons. The molecule has 0 bridgehead atoms. The fourth-order valence-electron chi connectivity index (χ4n) is 3.62. The van der Waals surface area contributed by atoms with E-state index >= 15 is 0 Å². The van der Waals surface area contributed by atoms with Gasteiger partial charge < -0.3 is 0 Å². The van der Waals surface area contributed by atoms with E-state index in [0.29, 0.717) is 0 Å². The summed E-state index contributed by atoms with van der Waals surface area (Å²) in [4.78, 5) is 0. The molecule has 0 unspecified atom stereocenters. The van der Waals surface area contributed by atoms with Crippen LogP contribution in [0.3, 0.4) is 0 Å². The largest absolute Gasteiger partial charge is 0.0622 e. The van der Waals surface area contributed by atoms with Crippen LogP contribution < -0.4 is 0 Å². The van der Waals surface area contributed by atoms with E-state index in [-0.39, 0.29) is 0 Å². The highest BCUT2D eigenvalue weighted by Crippen LogP contribution is 2.43. The van der Waals surface area contributed by atoms with Gasteiger partial charge in [0, 0.05) is 0 Å². The summed E-state index contributed by atoms with van der Waals surface area (Å²) in [5.41, 5.74) is 5.34. The molecule has 0 saturated carbocycles. The van der Waals surface area contributed by atoms with Gasteiger partial charge in [0.1, 0.15) is 0 Å². The fourth-order valence-corrected chi connectivity index (χ4v) is 3.62. The zero-order valence-electron chi connectivity index (χ0n) is 12.1. The first-order valence-corrected chi connectivity index (χ1v) is 7.64. The molecule has 0 aromatic heterocycles. The second kappa shape index (κ2) is 4.32. The van der Waals surface area contributed by atoms with Crippen molar-refractivity contribution in [1.82, 2.24) is 0 Å². The van der Waals surface area contributed by atoms with Gasteiger partial charge in [0.25, 0.3) is 0 Å². The summed E-state index contributed by atoms with van der Waals surface area (Å²) in [6.45, 7) is 0. The van der Waals surface area contributed by atoms with Crippen molar-refractivity contribution in [2.45, 2.75) is 0 Å². The molecule has 0 amide bonds. The zero-order chi connectivity index (χ0) is 14.5. The molecule has 0 nitrogen and oxygen atoms in total. The van der Waals surface area contributed by atoms with Crippen LogP contribution in [0.15, 0.2) is 78.9 Å². The predicted molar refractivity (Wildman–Crippen MR) is 94.9 cm³/mol. The van der Waals surface area contributed by atoms with Crippen molar-refractivity contribution >= 4 is 33.2 Å². The van der Waals surface area contributed by atoms with E-state index in [1.54, 1.807) is 0 Å². The van der Waals surface area contributed by atoms with Gasteiger partial charge in [-0.15, -0.1) is 0 Å². The lowest BCUT2D eigenvalue weighted by Gasteiger charge is -2.11. The molecule has 0 heteroatoms. The van der Waals surface area contributed by atoms with Crippen LogP contribution >= 0.6 is 0 Å². The van der Waals surface area contributed by atoms with Crippen molar-refractivity contribution in [3.63, 3.8) is 0 Å². The van der Waals surface area contributed by atoms with E-state index in [4.69, 9.17) is 0 Å². The van der Waals surface area contributed by atoms with Gasteiger partial charge in [-0.05, 0) is 56.0 Å².